The molecule has 1 unspecified atom stereocenters. The first-order chi connectivity index (χ1) is 8.02. The van der Waals surface area contributed by atoms with Crippen LogP contribution in [0.4, 0.5) is 5.82 Å². The smallest absolute Gasteiger partial charge is 0.272 e. The van der Waals surface area contributed by atoms with Crippen LogP contribution in [0.5, 0.6) is 0 Å². The van der Waals surface area contributed by atoms with Crippen LogP contribution in [0.25, 0.3) is 0 Å². The molecule has 1 saturated heterocycles. The number of likely N-dealkylation sites (tertiary alicyclic amines) is 1. The summed E-state index contributed by atoms with van der Waals surface area (Å²) in [6.45, 7) is 2.70. The number of nitrogens with one attached hydrogen (secondary N) is 1. The van der Waals surface area contributed by atoms with Crippen LogP contribution in [0.3, 0.4) is 0 Å². The van der Waals surface area contributed by atoms with E-state index in [2.05, 4.69) is 10.3 Å². The van der Waals surface area contributed by atoms with E-state index >= 15 is 0 Å². The van der Waals surface area contributed by atoms with E-state index in [9.17, 15) is 9.90 Å². The summed E-state index contributed by atoms with van der Waals surface area (Å²) in [5.74, 6) is 0.543. The Kier molecular flexibility index (Phi) is 3.02. The molecule has 1 amide bonds. The fourth-order valence-electron chi connectivity index (χ4n) is 1.97. The Hall–Kier alpha value is -1.62. The molecule has 0 radical (unpaired) electrons. The summed E-state index contributed by atoms with van der Waals surface area (Å²) in [7, 11) is 1.76. The number of amides is 1. The Morgan fingerprint density at radius 2 is 2.35 bits per heavy atom. The van der Waals surface area contributed by atoms with Crippen molar-refractivity contribution in [2.24, 2.45) is 0 Å². The molecule has 0 spiro atoms. The number of hydrogen-bond acceptors (Lipinski definition) is 4. The van der Waals surface area contributed by atoms with Crippen molar-refractivity contribution in [1.82, 2.24) is 9.88 Å². The van der Waals surface area contributed by atoms with E-state index in [4.69, 9.17) is 0 Å². The molecule has 1 aliphatic rings. The van der Waals surface area contributed by atoms with Crippen LogP contribution in [-0.2, 0) is 0 Å². The van der Waals surface area contributed by atoms with Crippen molar-refractivity contribution in [3.8, 4) is 0 Å². The molecular formula is C12H17N3O2. The second kappa shape index (κ2) is 4.33. The van der Waals surface area contributed by atoms with E-state index in [0.29, 0.717) is 31.0 Å². The fraction of sp³-hybridized carbons (Fsp3) is 0.500. The van der Waals surface area contributed by atoms with Crippen LogP contribution in [0.15, 0.2) is 18.2 Å². The molecular weight excluding hydrogens is 218 g/mol. The second-order valence-corrected chi connectivity index (χ2v) is 4.63. The number of hydrogen-bond donors (Lipinski definition) is 2. The maximum atomic E-state index is 12.1. The lowest BCUT2D eigenvalue weighted by Crippen LogP contribution is -2.34. The normalized spacial score (nSPS) is 23.8. The van der Waals surface area contributed by atoms with Crippen molar-refractivity contribution in [3.05, 3.63) is 23.9 Å². The Morgan fingerprint density at radius 3 is 2.94 bits per heavy atom. The summed E-state index contributed by atoms with van der Waals surface area (Å²) >= 11 is 0. The Bertz CT molecular complexity index is 432. The number of β-amino-alcohol motifs (C(OH)–C–C–N with tert-alkyl or cyclic N) is 1. The average molecular weight is 235 g/mol. The highest BCUT2D eigenvalue weighted by Crippen LogP contribution is 2.21. The second-order valence-electron chi connectivity index (χ2n) is 4.63. The first kappa shape index (κ1) is 11.9. The third-order valence-electron chi connectivity index (χ3n) is 2.96. The molecule has 2 heterocycles. The zero-order valence-electron chi connectivity index (χ0n) is 10.1. The van der Waals surface area contributed by atoms with Gasteiger partial charge in [0.2, 0.25) is 0 Å². The van der Waals surface area contributed by atoms with Gasteiger partial charge in [-0.3, -0.25) is 4.79 Å². The van der Waals surface area contributed by atoms with Crippen molar-refractivity contribution >= 4 is 11.7 Å². The summed E-state index contributed by atoms with van der Waals surface area (Å²) in [6, 6.07) is 5.29. The summed E-state index contributed by atoms with van der Waals surface area (Å²) in [5, 5.41) is 12.7. The van der Waals surface area contributed by atoms with Crippen LogP contribution in [0.1, 0.15) is 23.8 Å². The molecule has 1 aromatic rings. The van der Waals surface area contributed by atoms with Gasteiger partial charge in [-0.1, -0.05) is 6.07 Å². The van der Waals surface area contributed by atoms with Gasteiger partial charge in [0.1, 0.15) is 11.5 Å². The number of carbonyl (C=O) groups is 1. The van der Waals surface area contributed by atoms with E-state index < -0.39 is 5.60 Å². The largest absolute Gasteiger partial charge is 0.388 e. The number of carbonyl (C=O) groups excluding carboxylic acids is 1. The Balaban J connectivity index is 2.15. The molecule has 1 aliphatic heterocycles. The quantitative estimate of drug-likeness (QED) is 0.792. The number of aliphatic hydroxyl groups is 1. The van der Waals surface area contributed by atoms with Crippen LogP contribution in [-0.4, -0.2) is 46.6 Å². The zero-order chi connectivity index (χ0) is 12.5. The summed E-state index contributed by atoms with van der Waals surface area (Å²) in [6.07, 6.45) is 0.616. The Labute approximate surface area is 100 Å². The summed E-state index contributed by atoms with van der Waals surface area (Å²) < 4.78 is 0. The van der Waals surface area contributed by atoms with Crippen molar-refractivity contribution in [2.75, 3.05) is 25.5 Å². The van der Waals surface area contributed by atoms with Crippen molar-refractivity contribution in [2.45, 2.75) is 18.9 Å². The molecule has 92 valence electrons. The van der Waals surface area contributed by atoms with Gasteiger partial charge in [0.15, 0.2) is 0 Å². The van der Waals surface area contributed by atoms with Gasteiger partial charge < -0.3 is 15.3 Å². The molecule has 2 rings (SSSR count). The molecule has 0 aromatic carbocycles. The minimum Gasteiger partial charge on any atom is -0.388 e. The predicted molar refractivity (Wildman–Crippen MR) is 64.9 cm³/mol. The molecule has 1 atom stereocenters. The van der Waals surface area contributed by atoms with Crippen LogP contribution in [0, 0.1) is 0 Å². The predicted octanol–water partition coefficient (Wildman–Crippen LogP) is 0.720. The molecule has 2 N–H and O–H groups in total. The molecule has 0 bridgehead atoms. The fourth-order valence-corrected chi connectivity index (χ4v) is 1.97. The van der Waals surface area contributed by atoms with E-state index in [0.717, 1.165) is 0 Å². The van der Waals surface area contributed by atoms with Gasteiger partial charge in [-0.2, -0.15) is 0 Å². The molecule has 1 aromatic heterocycles. The monoisotopic (exact) mass is 235 g/mol. The van der Waals surface area contributed by atoms with Crippen LogP contribution < -0.4 is 5.32 Å². The molecule has 5 heteroatoms. The van der Waals surface area contributed by atoms with E-state index in [1.54, 1.807) is 37.1 Å². The number of nitrogens with zero attached hydrogens (tertiary/aromatic N) is 2. The highest BCUT2D eigenvalue weighted by atomic mass is 16.3. The minimum atomic E-state index is -0.768. The highest BCUT2D eigenvalue weighted by molar-refractivity contribution is 5.93. The van der Waals surface area contributed by atoms with Gasteiger partial charge in [-0.25, -0.2) is 4.98 Å². The molecule has 1 fully saturated rings. The first-order valence-corrected chi connectivity index (χ1v) is 5.68. The SMILES string of the molecule is CNc1cccc(C(=O)N2CCC(C)(O)C2)n1. The zero-order valence-corrected chi connectivity index (χ0v) is 10.1. The lowest BCUT2D eigenvalue weighted by atomic mass is 10.1. The Morgan fingerprint density at radius 1 is 1.59 bits per heavy atom. The maximum absolute atomic E-state index is 12.1. The number of aromatic nitrogens is 1. The maximum Gasteiger partial charge on any atom is 0.272 e. The van der Waals surface area contributed by atoms with E-state index in [-0.39, 0.29) is 5.91 Å². The minimum absolute atomic E-state index is 0.125. The standard InChI is InChI=1S/C12H17N3O2/c1-12(17)6-7-15(8-12)11(16)9-4-3-5-10(13-2)14-9/h3-5,17H,6-8H2,1-2H3,(H,13,14). The van der Waals surface area contributed by atoms with Crippen LogP contribution >= 0.6 is 0 Å². The molecule has 0 aliphatic carbocycles. The molecule has 5 nitrogen and oxygen atoms in total. The third kappa shape index (κ3) is 2.55. The molecule has 17 heavy (non-hydrogen) atoms. The van der Waals surface area contributed by atoms with Gasteiger partial charge in [0.25, 0.3) is 5.91 Å². The van der Waals surface area contributed by atoms with Gasteiger partial charge >= 0.3 is 0 Å². The number of pyridine rings is 1. The highest BCUT2D eigenvalue weighted by Gasteiger charge is 2.34. The molecule has 0 saturated carbocycles. The first-order valence-electron chi connectivity index (χ1n) is 5.68. The van der Waals surface area contributed by atoms with Gasteiger partial charge in [-0.05, 0) is 25.5 Å². The lowest BCUT2D eigenvalue weighted by molar-refractivity contribution is 0.0569. The van der Waals surface area contributed by atoms with Gasteiger partial charge in [0, 0.05) is 20.1 Å². The van der Waals surface area contributed by atoms with Crippen molar-refractivity contribution in [3.63, 3.8) is 0 Å². The van der Waals surface area contributed by atoms with Crippen molar-refractivity contribution in [1.29, 1.82) is 0 Å². The van der Waals surface area contributed by atoms with Crippen molar-refractivity contribution < 1.29 is 9.90 Å². The average Bonchev–Trinajstić information content (AvgIpc) is 2.69. The lowest BCUT2D eigenvalue weighted by Gasteiger charge is -2.18. The van der Waals surface area contributed by atoms with Gasteiger partial charge in [0.05, 0.1) is 5.60 Å². The topological polar surface area (TPSA) is 65.5 Å². The number of anilines is 1. The van der Waals surface area contributed by atoms with E-state index in [1.807, 2.05) is 0 Å². The summed E-state index contributed by atoms with van der Waals surface area (Å²) in [4.78, 5) is 18.0. The van der Waals surface area contributed by atoms with E-state index in [1.165, 1.54) is 0 Å². The van der Waals surface area contributed by atoms with Crippen LogP contribution in [0.2, 0.25) is 0 Å². The summed E-state index contributed by atoms with van der Waals surface area (Å²) in [5.41, 5.74) is -0.356. The van der Waals surface area contributed by atoms with Gasteiger partial charge in [-0.15, -0.1) is 0 Å². The third-order valence-corrected chi connectivity index (χ3v) is 2.96. The number of rotatable bonds is 2.